The number of hydrogen-bond acceptors (Lipinski definition) is 5. The van der Waals surface area contributed by atoms with Crippen molar-refractivity contribution >= 4 is 11.3 Å². The minimum atomic E-state index is -0.478. The standard InChI is InChI=1S/C11H13N3OS/c1-6-10(7(2)15)16-11(13-6)9-4-5-12-8(3)14-9/h4-5,7,15H,1-3H3. The summed E-state index contributed by atoms with van der Waals surface area (Å²) in [4.78, 5) is 13.7. The summed E-state index contributed by atoms with van der Waals surface area (Å²) in [5, 5.41) is 10.4. The van der Waals surface area contributed by atoms with Crippen LogP contribution in [-0.4, -0.2) is 20.1 Å². The first-order valence-electron chi connectivity index (χ1n) is 5.03. The van der Waals surface area contributed by atoms with E-state index >= 15 is 0 Å². The minimum absolute atomic E-state index is 0.478. The Morgan fingerprint density at radius 2 is 2.06 bits per heavy atom. The number of nitrogens with zero attached hydrogens (tertiary/aromatic N) is 3. The highest BCUT2D eigenvalue weighted by Gasteiger charge is 2.13. The number of aliphatic hydroxyl groups is 1. The SMILES string of the molecule is Cc1nccc(-c2nc(C)c(C(C)O)s2)n1. The maximum Gasteiger partial charge on any atom is 0.142 e. The lowest BCUT2D eigenvalue weighted by Crippen LogP contribution is -1.89. The smallest absolute Gasteiger partial charge is 0.142 e. The highest BCUT2D eigenvalue weighted by Crippen LogP contribution is 2.30. The molecule has 0 saturated heterocycles. The van der Waals surface area contributed by atoms with Gasteiger partial charge < -0.3 is 5.11 Å². The Morgan fingerprint density at radius 3 is 2.62 bits per heavy atom. The molecule has 0 aromatic carbocycles. The molecule has 5 heteroatoms. The molecule has 2 heterocycles. The van der Waals surface area contributed by atoms with Gasteiger partial charge in [0.25, 0.3) is 0 Å². The summed E-state index contributed by atoms with van der Waals surface area (Å²) < 4.78 is 0. The molecule has 0 bridgehead atoms. The van der Waals surface area contributed by atoms with Crippen molar-refractivity contribution in [3.05, 3.63) is 28.7 Å². The van der Waals surface area contributed by atoms with E-state index in [1.807, 2.05) is 19.9 Å². The molecule has 0 radical (unpaired) electrons. The topological polar surface area (TPSA) is 58.9 Å². The predicted octanol–water partition coefficient (Wildman–Crippen LogP) is 2.27. The van der Waals surface area contributed by atoms with Crippen LogP contribution in [0, 0.1) is 13.8 Å². The Bertz CT molecular complexity index is 508. The Kier molecular flexibility index (Phi) is 2.98. The minimum Gasteiger partial charge on any atom is -0.388 e. The summed E-state index contributed by atoms with van der Waals surface area (Å²) in [5.74, 6) is 0.726. The van der Waals surface area contributed by atoms with Crippen molar-refractivity contribution in [3.8, 4) is 10.7 Å². The van der Waals surface area contributed by atoms with E-state index < -0.39 is 6.10 Å². The number of aryl methyl sites for hydroxylation is 2. The van der Waals surface area contributed by atoms with E-state index in [4.69, 9.17) is 0 Å². The number of aliphatic hydroxyl groups excluding tert-OH is 1. The summed E-state index contributed by atoms with van der Waals surface area (Å²) in [6, 6.07) is 1.83. The summed E-state index contributed by atoms with van der Waals surface area (Å²) in [6.45, 7) is 5.49. The Hall–Kier alpha value is -1.33. The summed E-state index contributed by atoms with van der Waals surface area (Å²) in [6.07, 6.45) is 1.24. The van der Waals surface area contributed by atoms with Crippen LogP contribution >= 0.6 is 11.3 Å². The van der Waals surface area contributed by atoms with Crippen LogP contribution in [0.4, 0.5) is 0 Å². The third kappa shape index (κ3) is 2.10. The molecule has 0 saturated carbocycles. The predicted molar refractivity (Wildman–Crippen MR) is 63.2 cm³/mol. The maximum atomic E-state index is 9.56. The van der Waals surface area contributed by atoms with Crippen LogP contribution in [0.3, 0.4) is 0 Å². The van der Waals surface area contributed by atoms with Crippen LogP contribution in [0.2, 0.25) is 0 Å². The lowest BCUT2D eigenvalue weighted by molar-refractivity contribution is 0.202. The zero-order valence-corrected chi connectivity index (χ0v) is 10.2. The monoisotopic (exact) mass is 235 g/mol. The van der Waals surface area contributed by atoms with Gasteiger partial charge in [0.1, 0.15) is 16.5 Å². The number of rotatable bonds is 2. The van der Waals surface area contributed by atoms with Crippen LogP contribution in [0.1, 0.15) is 29.4 Å². The molecule has 1 unspecified atom stereocenters. The lowest BCUT2D eigenvalue weighted by Gasteiger charge is -1.98. The summed E-state index contributed by atoms with van der Waals surface area (Å²) in [7, 11) is 0. The third-order valence-electron chi connectivity index (χ3n) is 2.21. The van der Waals surface area contributed by atoms with Crippen LogP contribution in [0.25, 0.3) is 10.7 Å². The molecule has 0 fully saturated rings. The second-order valence-electron chi connectivity index (χ2n) is 3.63. The first-order valence-corrected chi connectivity index (χ1v) is 5.85. The van der Waals surface area contributed by atoms with Crippen molar-refractivity contribution in [2.45, 2.75) is 26.9 Å². The summed E-state index contributed by atoms with van der Waals surface area (Å²) in [5.41, 5.74) is 1.68. The second kappa shape index (κ2) is 4.27. The van der Waals surface area contributed by atoms with E-state index in [0.29, 0.717) is 0 Å². The largest absolute Gasteiger partial charge is 0.388 e. The van der Waals surface area contributed by atoms with Crippen LogP contribution in [-0.2, 0) is 0 Å². The molecular formula is C11H13N3OS. The normalized spacial score (nSPS) is 12.8. The van der Waals surface area contributed by atoms with E-state index in [1.165, 1.54) is 11.3 Å². The van der Waals surface area contributed by atoms with Gasteiger partial charge in [0.05, 0.1) is 16.7 Å². The van der Waals surface area contributed by atoms with Gasteiger partial charge in [0, 0.05) is 6.20 Å². The Morgan fingerprint density at radius 1 is 1.31 bits per heavy atom. The zero-order chi connectivity index (χ0) is 11.7. The van der Waals surface area contributed by atoms with Crippen molar-refractivity contribution in [1.82, 2.24) is 15.0 Å². The van der Waals surface area contributed by atoms with Crippen molar-refractivity contribution in [2.24, 2.45) is 0 Å². The van der Waals surface area contributed by atoms with Crippen molar-refractivity contribution in [2.75, 3.05) is 0 Å². The van der Waals surface area contributed by atoms with Gasteiger partial charge in [-0.05, 0) is 26.8 Å². The molecule has 1 N–H and O–H groups in total. The average Bonchev–Trinajstić information content (AvgIpc) is 2.60. The highest BCUT2D eigenvalue weighted by molar-refractivity contribution is 7.15. The molecule has 0 aliphatic heterocycles. The molecule has 1 atom stereocenters. The number of thiazole rings is 1. The summed E-state index contributed by atoms with van der Waals surface area (Å²) >= 11 is 1.48. The van der Waals surface area contributed by atoms with E-state index in [9.17, 15) is 5.11 Å². The van der Waals surface area contributed by atoms with Gasteiger partial charge in [0.2, 0.25) is 0 Å². The molecule has 2 aromatic heterocycles. The molecule has 4 nitrogen and oxygen atoms in total. The fourth-order valence-electron chi connectivity index (χ4n) is 1.48. The van der Waals surface area contributed by atoms with Crippen LogP contribution < -0.4 is 0 Å². The molecule has 84 valence electrons. The molecule has 0 aliphatic carbocycles. The average molecular weight is 235 g/mol. The number of hydrogen-bond donors (Lipinski definition) is 1. The molecule has 0 spiro atoms. The fraction of sp³-hybridized carbons (Fsp3) is 0.364. The van der Waals surface area contributed by atoms with Gasteiger partial charge in [-0.2, -0.15) is 0 Å². The molecule has 0 aliphatic rings. The van der Waals surface area contributed by atoms with Crippen molar-refractivity contribution in [3.63, 3.8) is 0 Å². The van der Waals surface area contributed by atoms with Crippen molar-refractivity contribution < 1.29 is 5.11 Å². The van der Waals surface area contributed by atoms with Gasteiger partial charge in [-0.1, -0.05) is 0 Å². The van der Waals surface area contributed by atoms with Gasteiger partial charge in [-0.3, -0.25) is 0 Å². The van der Waals surface area contributed by atoms with Crippen molar-refractivity contribution in [1.29, 1.82) is 0 Å². The van der Waals surface area contributed by atoms with Gasteiger partial charge >= 0.3 is 0 Å². The lowest BCUT2D eigenvalue weighted by atomic mass is 10.3. The Balaban J connectivity index is 2.45. The second-order valence-corrected chi connectivity index (χ2v) is 4.66. The van der Waals surface area contributed by atoms with E-state index in [1.54, 1.807) is 13.1 Å². The molecule has 2 aromatic rings. The molecular weight excluding hydrogens is 222 g/mol. The first kappa shape index (κ1) is 11.2. The van der Waals surface area contributed by atoms with Gasteiger partial charge in [0.15, 0.2) is 0 Å². The van der Waals surface area contributed by atoms with Crippen LogP contribution in [0.15, 0.2) is 12.3 Å². The maximum absolute atomic E-state index is 9.56. The highest BCUT2D eigenvalue weighted by atomic mass is 32.1. The first-order chi connectivity index (χ1) is 7.58. The van der Waals surface area contributed by atoms with E-state index in [0.717, 1.165) is 27.1 Å². The van der Waals surface area contributed by atoms with E-state index in [-0.39, 0.29) is 0 Å². The quantitative estimate of drug-likeness (QED) is 0.867. The Labute approximate surface area is 98.0 Å². The fourth-order valence-corrected chi connectivity index (χ4v) is 2.45. The zero-order valence-electron chi connectivity index (χ0n) is 9.43. The molecule has 16 heavy (non-hydrogen) atoms. The molecule has 0 amide bonds. The van der Waals surface area contributed by atoms with E-state index in [2.05, 4.69) is 15.0 Å². The van der Waals surface area contributed by atoms with Crippen LogP contribution in [0.5, 0.6) is 0 Å². The van der Waals surface area contributed by atoms with Gasteiger partial charge in [-0.25, -0.2) is 15.0 Å². The molecule has 2 rings (SSSR count). The third-order valence-corrected chi connectivity index (χ3v) is 3.56. The van der Waals surface area contributed by atoms with Gasteiger partial charge in [-0.15, -0.1) is 11.3 Å². The number of aromatic nitrogens is 3.